The van der Waals surface area contributed by atoms with E-state index in [4.69, 9.17) is 0 Å². The summed E-state index contributed by atoms with van der Waals surface area (Å²) in [6.45, 7) is 4.12. The molecule has 0 aromatic heterocycles. The Morgan fingerprint density at radius 2 is 2.10 bits per heavy atom. The summed E-state index contributed by atoms with van der Waals surface area (Å²) in [6, 6.07) is 6.62. The summed E-state index contributed by atoms with van der Waals surface area (Å²) >= 11 is 0. The molecule has 118 valence electrons. The van der Waals surface area contributed by atoms with Gasteiger partial charge in [0.25, 0.3) is 0 Å². The van der Waals surface area contributed by atoms with Gasteiger partial charge >= 0.3 is 0 Å². The van der Waals surface area contributed by atoms with Gasteiger partial charge in [-0.3, -0.25) is 0 Å². The average Bonchev–Trinajstić information content (AvgIpc) is 2.89. The minimum absolute atomic E-state index is 0.0988. The van der Waals surface area contributed by atoms with Gasteiger partial charge in [-0.1, -0.05) is 13.3 Å². The van der Waals surface area contributed by atoms with Gasteiger partial charge in [-0.25, -0.2) is 4.39 Å². The minimum atomic E-state index is -0.200. The molecule has 0 radical (unpaired) electrons. The average molecular weight is 294 g/mol. The van der Waals surface area contributed by atoms with Gasteiger partial charge in [-0.15, -0.1) is 0 Å². The largest absolute Gasteiger partial charge is 0.394 e. The molecule has 0 amide bonds. The number of nitrogens with one attached hydrogen (secondary N) is 1. The number of nitrogens with zero attached hydrogens (tertiary/aromatic N) is 1. The van der Waals surface area contributed by atoms with Crippen molar-refractivity contribution in [3.8, 4) is 0 Å². The van der Waals surface area contributed by atoms with Crippen LogP contribution in [0.4, 0.5) is 10.1 Å². The van der Waals surface area contributed by atoms with E-state index in [2.05, 4.69) is 17.1 Å². The van der Waals surface area contributed by atoms with Crippen molar-refractivity contribution >= 4 is 5.69 Å². The molecular weight excluding hydrogens is 267 g/mol. The van der Waals surface area contributed by atoms with Crippen LogP contribution >= 0.6 is 0 Å². The maximum absolute atomic E-state index is 13.0. The molecule has 2 N–H and O–H groups in total. The van der Waals surface area contributed by atoms with Crippen LogP contribution in [0.15, 0.2) is 24.3 Å². The molecule has 2 rings (SSSR count). The van der Waals surface area contributed by atoms with Gasteiger partial charge in [0.05, 0.1) is 6.61 Å². The molecule has 1 saturated carbocycles. The van der Waals surface area contributed by atoms with Crippen LogP contribution in [0.25, 0.3) is 0 Å². The molecule has 0 bridgehead atoms. The monoisotopic (exact) mass is 294 g/mol. The predicted molar refractivity (Wildman–Crippen MR) is 85.1 cm³/mol. The summed E-state index contributed by atoms with van der Waals surface area (Å²) in [7, 11) is 2.04. The third-order valence-electron chi connectivity index (χ3n) is 4.85. The molecule has 0 spiro atoms. The van der Waals surface area contributed by atoms with Crippen LogP contribution in [0.2, 0.25) is 0 Å². The molecule has 21 heavy (non-hydrogen) atoms. The standard InChI is InChI=1S/C17H27FN2O/c1-3-19-17(13-21)11-4-5-14(17)10-12-20(2)16-8-6-15(18)7-9-16/h6-9,14,19,21H,3-5,10-13H2,1-2H3. The van der Waals surface area contributed by atoms with Gasteiger partial charge in [0.1, 0.15) is 5.82 Å². The lowest BCUT2D eigenvalue weighted by Crippen LogP contribution is -2.51. The van der Waals surface area contributed by atoms with Gasteiger partial charge in [-0.05, 0) is 56.0 Å². The molecule has 1 aliphatic rings. The minimum Gasteiger partial charge on any atom is -0.394 e. The fraction of sp³-hybridized carbons (Fsp3) is 0.647. The van der Waals surface area contributed by atoms with Gasteiger partial charge in [0.15, 0.2) is 0 Å². The topological polar surface area (TPSA) is 35.5 Å². The molecule has 0 saturated heterocycles. The molecule has 1 fully saturated rings. The van der Waals surface area contributed by atoms with Crippen LogP contribution in [0.1, 0.15) is 32.6 Å². The quantitative estimate of drug-likeness (QED) is 0.812. The number of aliphatic hydroxyl groups excluding tert-OH is 1. The maximum Gasteiger partial charge on any atom is 0.123 e. The number of aliphatic hydroxyl groups is 1. The number of halogens is 1. The van der Waals surface area contributed by atoms with Crippen molar-refractivity contribution in [1.29, 1.82) is 0 Å². The number of anilines is 1. The zero-order chi connectivity index (χ0) is 15.3. The van der Waals surface area contributed by atoms with Gasteiger partial charge in [-0.2, -0.15) is 0 Å². The van der Waals surface area contributed by atoms with Gasteiger partial charge < -0.3 is 15.3 Å². The summed E-state index contributed by atoms with van der Waals surface area (Å²) in [6.07, 6.45) is 4.45. The van der Waals surface area contributed by atoms with E-state index in [1.54, 1.807) is 0 Å². The van der Waals surface area contributed by atoms with Gasteiger partial charge in [0, 0.05) is 24.8 Å². The van der Waals surface area contributed by atoms with E-state index >= 15 is 0 Å². The Kier molecular flexibility index (Phi) is 5.59. The Morgan fingerprint density at radius 3 is 2.71 bits per heavy atom. The lowest BCUT2D eigenvalue weighted by molar-refractivity contribution is 0.122. The Bertz CT molecular complexity index is 437. The van der Waals surface area contributed by atoms with Crippen molar-refractivity contribution in [3.63, 3.8) is 0 Å². The van der Waals surface area contributed by atoms with Crippen molar-refractivity contribution in [1.82, 2.24) is 5.32 Å². The zero-order valence-corrected chi connectivity index (χ0v) is 13.1. The first-order valence-electron chi connectivity index (χ1n) is 7.94. The number of rotatable bonds is 7. The second-order valence-electron chi connectivity index (χ2n) is 6.12. The highest BCUT2D eigenvalue weighted by atomic mass is 19.1. The maximum atomic E-state index is 13.0. The third-order valence-corrected chi connectivity index (χ3v) is 4.85. The second-order valence-corrected chi connectivity index (χ2v) is 6.12. The predicted octanol–water partition coefficient (Wildman–Crippen LogP) is 2.79. The Labute approximate surface area is 127 Å². The number of hydrogen-bond donors (Lipinski definition) is 2. The first-order valence-corrected chi connectivity index (χ1v) is 7.94. The summed E-state index contributed by atoms with van der Waals surface area (Å²) in [5.41, 5.74) is 0.936. The highest BCUT2D eigenvalue weighted by Crippen LogP contribution is 2.37. The molecule has 1 aliphatic carbocycles. The van der Waals surface area contributed by atoms with Crippen LogP contribution in [0, 0.1) is 11.7 Å². The van der Waals surface area contributed by atoms with Crippen molar-refractivity contribution in [2.45, 2.75) is 38.1 Å². The van der Waals surface area contributed by atoms with Crippen molar-refractivity contribution in [2.75, 3.05) is 31.6 Å². The van der Waals surface area contributed by atoms with Gasteiger partial charge in [0.2, 0.25) is 0 Å². The third kappa shape index (κ3) is 3.74. The molecule has 2 atom stereocenters. The molecule has 3 nitrogen and oxygen atoms in total. The number of benzene rings is 1. The van der Waals surface area contributed by atoms with E-state index in [1.165, 1.54) is 25.0 Å². The summed E-state index contributed by atoms with van der Waals surface area (Å²) in [5.74, 6) is 0.305. The van der Waals surface area contributed by atoms with Crippen molar-refractivity contribution < 1.29 is 9.50 Å². The normalized spacial score (nSPS) is 25.2. The van der Waals surface area contributed by atoms with Crippen LogP contribution in [0.5, 0.6) is 0 Å². The van der Waals surface area contributed by atoms with E-state index in [0.717, 1.165) is 31.6 Å². The van der Waals surface area contributed by atoms with E-state index in [9.17, 15) is 9.50 Å². The summed E-state index contributed by atoms with van der Waals surface area (Å²) in [4.78, 5) is 2.16. The summed E-state index contributed by atoms with van der Waals surface area (Å²) in [5, 5.41) is 13.3. The number of likely N-dealkylation sites (N-methyl/N-ethyl adjacent to an activating group) is 1. The van der Waals surface area contributed by atoms with Crippen molar-refractivity contribution in [3.05, 3.63) is 30.1 Å². The van der Waals surface area contributed by atoms with Crippen LogP contribution in [-0.4, -0.2) is 37.4 Å². The first-order chi connectivity index (χ1) is 10.1. The van der Waals surface area contributed by atoms with Crippen LogP contribution < -0.4 is 10.2 Å². The van der Waals surface area contributed by atoms with E-state index < -0.39 is 0 Å². The Morgan fingerprint density at radius 1 is 1.38 bits per heavy atom. The highest BCUT2D eigenvalue weighted by molar-refractivity contribution is 5.45. The fourth-order valence-corrected chi connectivity index (χ4v) is 3.59. The van der Waals surface area contributed by atoms with E-state index in [1.807, 2.05) is 19.2 Å². The van der Waals surface area contributed by atoms with Crippen LogP contribution in [-0.2, 0) is 0 Å². The molecule has 1 aromatic carbocycles. The molecule has 0 heterocycles. The zero-order valence-electron chi connectivity index (χ0n) is 13.1. The molecule has 0 aliphatic heterocycles. The molecule has 2 unspecified atom stereocenters. The SMILES string of the molecule is CCNC1(CO)CCCC1CCN(C)c1ccc(F)cc1. The lowest BCUT2D eigenvalue weighted by atomic mass is 9.85. The molecule has 4 heteroatoms. The lowest BCUT2D eigenvalue weighted by Gasteiger charge is -2.36. The Balaban J connectivity index is 1.93. The van der Waals surface area contributed by atoms with E-state index in [-0.39, 0.29) is 18.0 Å². The summed E-state index contributed by atoms with van der Waals surface area (Å²) < 4.78 is 13.0. The van der Waals surface area contributed by atoms with Crippen molar-refractivity contribution in [2.24, 2.45) is 5.92 Å². The van der Waals surface area contributed by atoms with Crippen LogP contribution in [0.3, 0.4) is 0 Å². The molecule has 1 aromatic rings. The second kappa shape index (κ2) is 7.23. The molecular formula is C17H27FN2O. The smallest absolute Gasteiger partial charge is 0.123 e. The highest BCUT2D eigenvalue weighted by Gasteiger charge is 2.41. The van der Waals surface area contributed by atoms with E-state index in [0.29, 0.717) is 5.92 Å². The number of hydrogen-bond acceptors (Lipinski definition) is 3. The Hall–Kier alpha value is -1.13. The first kappa shape index (κ1) is 16.2. The fourth-order valence-electron chi connectivity index (χ4n) is 3.59.